The molecule has 10 heteroatoms. The van der Waals surface area contributed by atoms with Crippen LogP contribution in [0.4, 0.5) is 24.5 Å². The Bertz CT molecular complexity index is 919. The van der Waals surface area contributed by atoms with Crippen LogP contribution >= 0.6 is 0 Å². The van der Waals surface area contributed by atoms with Crippen molar-refractivity contribution in [2.24, 2.45) is 0 Å². The molecule has 1 unspecified atom stereocenters. The van der Waals surface area contributed by atoms with Gasteiger partial charge in [-0.25, -0.2) is 12.8 Å². The molecule has 26 heavy (non-hydrogen) atoms. The normalized spacial score (nSPS) is 12.8. The quantitative estimate of drug-likeness (QED) is 0.576. The molecule has 2 aromatic rings. The molecular weight excluding hydrogens is 373 g/mol. The SMILES string of the molecule is CC(Cc1ccccc1F)Nc1ccc(S(=O)(=O)C(F)F)cc1[N+](=O)[O-]. The first-order valence-corrected chi connectivity index (χ1v) is 8.98. The summed E-state index contributed by atoms with van der Waals surface area (Å²) in [7, 11) is -4.95. The van der Waals surface area contributed by atoms with E-state index in [-0.39, 0.29) is 12.1 Å². The Labute approximate surface area is 147 Å². The van der Waals surface area contributed by atoms with Gasteiger partial charge in [-0.2, -0.15) is 8.78 Å². The van der Waals surface area contributed by atoms with Crippen LogP contribution in [0, 0.1) is 15.9 Å². The highest BCUT2D eigenvalue weighted by Crippen LogP contribution is 2.30. The topological polar surface area (TPSA) is 89.3 Å². The standard InChI is InChI=1S/C16H15F3N2O4S/c1-10(8-11-4-2-3-5-13(11)17)20-14-7-6-12(9-15(14)21(22)23)26(24,25)16(18)19/h2-7,9-10,16,20H,8H2,1H3. The molecule has 2 aromatic carbocycles. The zero-order valence-electron chi connectivity index (χ0n) is 13.5. The summed E-state index contributed by atoms with van der Waals surface area (Å²) in [5, 5.41) is 14.0. The van der Waals surface area contributed by atoms with Gasteiger partial charge in [-0.05, 0) is 37.1 Å². The van der Waals surface area contributed by atoms with E-state index in [4.69, 9.17) is 0 Å². The average molecular weight is 388 g/mol. The van der Waals surface area contributed by atoms with Gasteiger partial charge in [-0.1, -0.05) is 18.2 Å². The van der Waals surface area contributed by atoms with E-state index >= 15 is 0 Å². The Hall–Kier alpha value is -2.62. The fraction of sp³-hybridized carbons (Fsp3) is 0.250. The summed E-state index contributed by atoms with van der Waals surface area (Å²) >= 11 is 0. The van der Waals surface area contributed by atoms with E-state index in [0.717, 1.165) is 12.1 Å². The van der Waals surface area contributed by atoms with Crippen molar-refractivity contribution < 1.29 is 26.5 Å². The molecule has 0 fully saturated rings. The number of rotatable bonds is 7. The van der Waals surface area contributed by atoms with E-state index in [1.807, 2.05) is 0 Å². The Kier molecular flexibility index (Phi) is 5.86. The van der Waals surface area contributed by atoms with Crippen molar-refractivity contribution in [2.75, 3.05) is 5.32 Å². The largest absolute Gasteiger partial charge is 0.377 e. The summed E-state index contributed by atoms with van der Waals surface area (Å²) in [5.74, 6) is -4.10. The third-order valence-corrected chi connectivity index (χ3v) is 4.99. The van der Waals surface area contributed by atoms with Crippen LogP contribution in [0.3, 0.4) is 0 Å². The summed E-state index contributed by atoms with van der Waals surface area (Å²) in [6.45, 7) is 1.65. The van der Waals surface area contributed by atoms with Crippen molar-refractivity contribution >= 4 is 21.2 Å². The second-order valence-electron chi connectivity index (χ2n) is 5.58. The predicted molar refractivity (Wildman–Crippen MR) is 89.5 cm³/mol. The third kappa shape index (κ3) is 4.31. The van der Waals surface area contributed by atoms with Crippen molar-refractivity contribution in [1.29, 1.82) is 0 Å². The molecule has 0 amide bonds. The van der Waals surface area contributed by atoms with E-state index in [1.165, 1.54) is 12.1 Å². The molecule has 0 aliphatic rings. The van der Waals surface area contributed by atoms with Gasteiger partial charge in [0, 0.05) is 12.1 Å². The van der Waals surface area contributed by atoms with Gasteiger partial charge in [0.15, 0.2) is 0 Å². The third-order valence-electron chi connectivity index (χ3n) is 3.61. The summed E-state index contributed by atoms with van der Waals surface area (Å²) in [6, 6.07) is 8.09. The number of alkyl halides is 2. The van der Waals surface area contributed by atoms with E-state index in [0.29, 0.717) is 11.6 Å². The minimum atomic E-state index is -4.95. The summed E-state index contributed by atoms with van der Waals surface area (Å²) in [6.07, 6.45) is 0.209. The number of sulfone groups is 1. The van der Waals surface area contributed by atoms with E-state index in [2.05, 4.69) is 5.32 Å². The smallest absolute Gasteiger partial charge is 0.341 e. The zero-order chi connectivity index (χ0) is 19.5. The van der Waals surface area contributed by atoms with Crippen LogP contribution in [0.5, 0.6) is 0 Å². The number of benzene rings is 2. The number of nitrogens with zero attached hydrogens (tertiary/aromatic N) is 1. The van der Waals surface area contributed by atoms with Gasteiger partial charge in [0.2, 0.25) is 9.84 Å². The van der Waals surface area contributed by atoms with E-state index < -0.39 is 43.0 Å². The lowest BCUT2D eigenvalue weighted by Gasteiger charge is -2.16. The van der Waals surface area contributed by atoms with Gasteiger partial charge in [0.05, 0.1) is 9.82 Å². The summed E-state index contributed by atoms with van der Waals surface area (Å²) in [4.78, 5) is 9.47. The second-order valence-corrected chi connectivity index (χ2v) is 7.50. The highest BCUT2D eigenvalue weighted by atomic mass is 32.2. The van der Waals surface area contributed by atoms with Crippen LogP contribution in [0.15, 0.2) is 47.4 Å². The molecule has 0 radical (unpaired) electrons. The van der Waals surface area contributed by atoms with Crippen molar-refractivity contribution in [3.05, 3.63) is 64.0 Å². The maximum Gasteiger partial charge on any atom is 0.341 e. The molecule has 1 N–H and O–H groups in total. The van der Waals surface area contributed by atoms with E-state index in [9.17, 15) is 31.7 Å². The number of hydrogen-bond acceptors (Lipinski definition) is 5. The molecule has 0 saturated heterocycles. The Morgan fingerprint density at radius 2 is 1.85 bits per heavy atom. The van der Waals surface area contributed by atoms with Gasteiger partial charge < -0.3 is 5.32 Å². The molecule has 0 aliphatic heterocycles. The summed E-state index contributed by atoms with van der Waals surface area (Å²) in [5.41, 5.74) is -0.314. The van der Waals surface area contributed by atoms with Crippen molar-refractivity contribution in [3.63, 3.8) is 0 Å². The Morgan fingerprint density at radius 3 is 2.42 bits per heavy atom. The second kappa shape index (κ2) is 7.73. The molecule has 6 nitrogen and oxygen atoms in total. The number of nitro benzene ring substituents is 1. The molecule has 0 aliphatic carbocycles. The first-order valence-electron chi connectivity index (χ1n) is 7.43. The molecule has 0 spiro atoms. The zero-order valence-corrected chi connectivity index (χ0v) is 14.3. The molecule has 1 atom stereocenters. The van der Waals surface area contributed by atoms with Crippen LogP contribution in [-0.2, 0) is 16.3 Å². The van der Waals surface area contributed by atoms with Crippen LogP contribution < -0.4 is 5.32 Å². The minimum Gasteiger partial charge on any atom is -0.377 e. The number of anilines is 1. The molecule has 0 aromatic heterocycles. The van der Waals surface area contributed by atoms with Gasteiger partial charge in [0.25, 0.3) is 5.69 Å². The average Bonchev–Trinajstić information content (AvgIpc) is 2.56. The van der Waals surface area contributed by atoms with Crippen LogP contribution in [0.25, 0.3) is 0 Å². The van der Waals surface area contributed by atoms with Crippen LogP contribution in [0.2, 0.25) is 0 Å². The lowest BCUT2D eigenvalue weighted by Crippen LogP contribution is -2.20. The molecule has 0 heterocycles. The van der Waals surface area contributed by atoms with Crippen molar-refractivity contribution in [2.45, 2.75) is 30.0 Å². The Morgan fingerprint density at radius 1 is 1.19 bits per heavy atom. The lowest BCUT2D eigenvalue weighted by molar-refractivity contribution is -0.384. The maximum atomic E-state index is 13.7. The fourth-order valence-electron chi connectivity index (χ4n) is 2.37. The first kappa shape index (κ1) is 19.7. The monoisotopic (exact) mass is 388 g/mol. The van der Waals surface area contributed by atoms with Crippen molar-refractivity contribution in [3.8, 4) is 0 Å². The number of halogens is 3. The number of hydrogen-bond donors (Lipinski definition) is 1. The van der Waals surface area contributed by atoms with Crippen molar-refractivity contribution in [1.82, 2.24) is 0 Å². The molecular formula is C16H15F3N2O4S. The molecule has 140 valence electrons. The number of nitro groups is 1. The summed E-state index contributed by atoms with van der Waals surface area (Å²) < 4.78 is 61.9. The highest BCUT2D eigenvalue weighted by molar-refractivity contribution is 7.91. The van der Waals surface area contributed by atoms with E-state index in [1.54, 1.807) is 19.1 Å². The minimum absolute atomic E-state index is 0.0490. The molecule has 2 rings (SSSR count). The fourth-order valence-corrected chi connectivity index (χ4v) is 3.11. The maximum absolute atomic E-state index is 13.7. The Balaban J connectivity index is 2.29. The van der Waals surface area contributed by atoms with Crippen LogP contribution in [-0.4, -0.2) is 25.1 Å². The predicted octanol–water partition coefficient (Wildman–Crippen LogP) is 3.77. The molecule has 0 saturated carbocycles. The van der Waals surface area contributed by atoms with Gasteiger partial charge in [0.1, 0.15) is 11.5 Å². The van der Waals surface area contributed by atoms with Crippen LogP contribution in [0.1, 0.15) is 12.5 Å². The first-order chi connectivity index (χ1) is 12.1. The highest BCUT2D eigenvalue weighted by Gasteiger charge is 2.29. The molecule has 0 bridgehead atoms. The van der Waals surface area contributed by atoms with Gasteiger partial charge in [-0.3, -0.25) is 10.1 Å². The van der Waals surface area contributed by atoms with Gasteiger partial charge in [-0.15, -0.1) is 0 Å². The number of nitrogens with one attached hydrogen (secondary N) is 1. The van der Waals surface area contributed by atoms with Gasteiger partial charge >= 0.3 is 5.76 Å². The lowest BCUT2D eigenvalue weighted by atomic mass is 10.1.